The molecule has 0 heterocycles. The maximum absolute atomic E-state index is 10.9. The van der Waals surface area contributed by atoms with E-state index in [9.17, 15) is 13.6 Å². The zero-order valence-corrected chi connectivity index (χ0v) is 9.22. The molecule has 0 aliphatic rings. The van der Waals surface area contributed by atoms with Crippen LogP contribution in [0.15, 0.2) is 24.3 Å². The lowest BCUT2D eigenvalue weighted by Gasteiger charge is -2.06. The van der Waals surface area contributed by atoms with E-state index in [2.05, 4.69) is 0 Å². The molecular weight excluding hydrogens is 240 g/mol. The van der Waals surface area contributed by atoms with Gasteiger partial charge in [0.1, 0.15) is 12.4 Å². The summed E-state index contributed by atoms with van der Waals surface area (Å²) in [6, 6.07) is 6.72. The van der Waals surface area contributed by atoms with Gasteiger partial charge in [-0.15, -0.1) is 0 Å². The Labute approximate surface area is 94.5 Å². The lowest BCUT2D eigenvalue weighted by molar-refractivity contribution is -0.141. The van der Waals surface area contributed by atoms with Crippen molar-refractivity contribution in [3.63, 3.8) is 0 Å². The Morgan fingerprint density at radius 2 is 2.00 bits per heavy atom. The Kier molecular flexibility index (Phi) is 4.74. The molecule has 0 saturated heterocycles. The predicted octanol–water partition coefficient (Wildman–Crippen LogP) is 1.26. The molecule has 0 N–H and O–H groups in total. The second kappa shape index (κ2) is 5.85. The van der Waals surface area contributed by atoms with Gasteiger partial charge in [-0.05, 0) is 28.8 Å². The Balaban J connectivity index is 2.40. The van der Waals surface area contributed by atoms with Crippen LogP contribution < -0.4 is 0 Å². The number of halogens is 1. The highest BCUT2D eigenvalue weighted by Gasteiger charge is 2.02. The number of ether oxygens (including phenoxy) is 1. The minimum Gasteiger partial charge on any atom is -0.772 e. The first-order valence-electron chi connectivity index (χ1n) is 4.04. The molecule has 0 aromatic heterocycles. The molecule has 1 aromatic carbocycles. The first-order chi connectivity index (χ1) is 7.08. The summed E-state index contributed by atoms with van der Waals surface area (Å²) in [5.41, 5.74) is 0.754. The average Bonchev–Trinajstić information content (AvgIpc) is 2.16. The van der Waals surface area contributed by atoms with Gasteiger partial charge in [0.05, 0.1) is 0 Å². The highest BCUT2D eigenvalue weighted by Crippen LogP contribution is 2.10. The molecule has 0 aliphatic heterocycles. The third-order valence-corrected chi connectivity index (χ3v) is 2.27. The maximum atomic E-state index is 10.9. The average molecular weight is 248 g/mol. The number of esters is 1. The van der Waals surface area contributed by atoms with Crippen molar-refractivity contribution in [2.75, 3.05) is 5.75 Å². The first-order valence-corrected chi connectivity index (χ1v) is 5.66. The van der Waals surface area contributed by atoms with Gasteiger partial charge in [0.2, 0.25) is 0 Å². The van der Waals surface area contributed by atoms with Crippen molar-refractivity contribution in [1.82, 2.24) is 0 Å². The first kappa shape index (κ1) is 12.2. The van der Waals surface area contributed by atoms with E-state index in [1.807, 2.05) is 0 Å². The topological polar surface area (TPSA) is 66.4 Å². The highest BCUT2D eigenvalue weighted by atomic mass is 35.5. The second-order valence-corrected chi connectivity index (χ2v) is 4.07. The van der Waals surface area contributed by atoms with Crippen molar-refractivity contribution in [2.45, 2.75) is 6.61 Å². The van der Waals surface area contributed by atoms with Crippen molar-refractivity contribution in [1.29, 1.82) is 0 Å². The molecule has 4 nitrogen and oxygen atoms in total. The molecule has 1 aromatic rings. The Bertz CT molecular complexity index is 363. The van der Waals surface area contributed by atoms with Crippen LogP contribution in [-0.2, 0) is 27.2 Å². The summed E-state index contributed by atoms with van der Waals surface area (Å²) in [5.74, 6) is -1.38. The van der Waals surface area contributed by atoms with Crippen LogP contribution in [0, 0.1) is 0 Å². The predicted molar refractivity (Wildman–Crippen MR) is 55.0 cm³/mol. The van der Waals surface area contributed by atoms with Crippen molar-refractivity contribution in [3.05, 3.63) is 34.9 Å². The van der Waals surface area contributed by atoms with Crippen LogP contribution in [0.3, 0.4) is 0 Å². The second-order valence-electron chi connectivity index (χ2n) is 2.74. The van der Waals surface area contributed by atoms with Crippen molar-refractivity contribution >= 4 is 28.7 Å². The van der Waals surface area contributed by atoms with Crippen LogP contribution >= 0.6 is 11.6 Å². The van der Waals surface area contributed by atoms with Crippen molar-refractivity contribution < 1.29 is 18.3 Å². The lowest BCUT2D eigenvalue weighted by Crippen LogP contribution is -2.13. The molecule has 0 amide bonds. The SMILES string of the molecule is O=C(CS(=O)[O-])OCc1ccc(Cl)cc1. The number of rotatable bonds is 4. The Morgan fingerprint density at radius 1 is 1.40 bits per heavy atom. The van der Waals surface area contributed by atoms with Crippen LogP contribution in [0.2, 0.25) is 5.02 Å². The summed E-state index contributed by atoms with van der Waals surface area (Å²) in [4.78, 5) is 10.9. The molecule has 6 heteroatoms. The summed E-state index contributed by atoms with van der Waals surface area (Å²) < 4.78 is 25.0. The van der Waals surface area contributed by atoms with E-state index in [4.69, 9.17) is 16.3 Å². The smallest absolute Gasteiger partial charge is 0.317 e. The van der Waals surface area contributed by atoms with Gasteiger partial charge in [0.25, 0.3) is 0 Å². The molecule has 1 atom stereocenters. The molecule has 1 unspecified atom stereocenters. The number of hydrogen-bond donors (Lipinski definition) is 0. The van der Waals surface area contributed by atoms with Crippen LogP contribution in [0.1, 0.15) is 5.56 Å². The van der Waals surface area contributed by atoms with E-state index >= 15 is 0 Å². The molecule has 15 heavy (non-hydrogen) atoms. The quantitative estimate of drug-likeness (QED) is 0.594. The number of carbonyl (C=O) groups excluding carboxylic acids is 1. The molecule has 0 saturated carbocycles. The molecule has 0 radical (unpaired) electrons. The molecule has 1 rings (SSSR count). The van der Waals surface area contributed by atoms with Gasteiger partial charge in [0.15, 0.2) is 0 Å². The van der Waals surface area contributed by atoms with Gasteiger partial charge in [-0.2, -0.15) is 0 Å². The monoisotopic (exact) mass is 247 g/mol. The summed E-state index contributed by atoms with van der Waals surface area (Å²) >= 11 is 3.25. The minimum absolute atomic E-state index is 0.0488. The fourth-order valence-electron chi connectivity index (χ4n) is 0.882. The van der Waals surface area contributed by atoms with Gasteiger partial charge in [0, 0.05) is 5.02 Å². The third kappa shape index (κ3) is 4.92. The number of hydrogen-bond acceptors (Lipinski definition) is 4. The van der Waals surface area contributed by atoms with Gasteiger partial charge in [-0.25, -0.2) is 0 Å². The fourth-order valence-corrected chi connectivity index (χ4v) is 1.28. The van der Waals surface area contributed by atoms with E-state index in [-0.39, 0.29) is 6.61 Å². The molecule has 0 fully saturated rings. The van der Waals surface area contributed by atoms with E-state index in [1.54, 1.807) is 24.3 Å². The third-order valence-electron chi connectivity index (χ3n) is 1.55. The standard InChI is InChI=1S/C9H9ClO4S/c10-8-3-1-7(2-4-8)5-14-9(11)6-15(12)13/h1-4H,5-6H2,(H,12,13)/p-1. The Hall–Kier alpha value is -0.910. The van der Waals surface area contributed by atoms with Gasteiger partial charge in [-0.1, -0.05) is 23.7 Å². The Morgan fingerprint density at radius 3 is 2.53 bits per heavy atom. The molecule has 82 valence electrons. The van der Waals surface area contributed by atoms with Gasteiger partial charge in [-0.3, -0.25) is 9.00 Å². The lowest BCUT2D eigenvalue weighted by atomic mass is 10.2. The largest absolute Gasteiger partial charge is 0.772 e. The van der Waals surface area contributed by atoms with E-state index in [0.29, 0.717) is 5.02 Å². The van der Waals surface area contributed by atoms with Crippen LogP contribution in [0.25, 0.3) is 0 Å². The van der Waals surface area contributed by atoms with Gasteiger partial charge < -0.3 is 9.29 Å². The van der Waals surface area contributed by atoms with Crippen molar-refractivity contribution in [2.24, 2.45) is 0 Å². The zero-order valence-electron chi connectivity index (χ0n) is 7.64. The minimum atomic E-state index is -2.40. The highest BCUT2D eigenvalue weighted by molar-refractivity contribution is 7.79. The normalized spacial score (nSPS) is 12.1. The maximum Gasteiger partial charge on any atom is 0.317 e. The summed E-state index contributed by atoms with van der Waals surface area (Å²) in [6.45, 7) is 0.0488. The molecule has 0 aliphatic carbocycles. The van der Waals surface area contributed by atoms with Crippen LogP contribution in [0.4, 0.5) is 0 Å². The van der Waals surface area contributed by atoms with E-state index < -0.39 is 22.8 Å². The van der Waals surface area contributed by atoms with Crippen LogP contribution in [0.5, 0.6) is 0 Å². The molecular formula is C9H8ClO4S-. The van der Waals surface area contributed by atoms with Gasteiger partial charge >= 0.3 is 5.97 Å². The molecule has 0 bridgehead atoms. The summed E-state index contributed by atoms with van der Waals surface area (Å²) in [6.07, 6.45) is 0. The van der Waals surface area contributed by atoms with Crippen LogP contribution in [-0.4, -0.2) is 20.5 Å². The summed E-state index contributed by atoms with van der Waals surface area (Å²) in [5, 5.41) is 0.589. The number of carbonyl (C=O) groups is 1. The summed E-state index contributed by atoms with van der Waals surface area (Å²) in [7, 11) is 0. The number of benzene rings is 1. The molecule has 0 spiro atoms. The van der Waals surface area contributed by atoms with Crippen molar-refractivity contribution in [3.8, 4) is 0 Å². The zero-order chi connectivity index (χ0) is 11.3. The fraction of sp³-hybridized carbons (Fsp3) is 0.222. The van der Waals surface area contributed by atoms with E-state index in [0.717, 1.165) is 5.56 Å². The van der Waals surface area contributed by atoms with E-state index in [1.165, 1.54) is 0 Å².